The van der Waals surface area contributed by atoms with Gasteiger partial charge in [0.1, 0.15) is 5.82 Å². The molecule has 0 aliphatic carbocycles. The molecule has 0 spiro atoms. The van der Waals surface area contributed by atoms with Crippen LogP contribution in [0.15, 0.2) is 46.9 Å². The van der Waals surface area contributed by atoms with Crippen LogP contribution in [0, 0.1) is 5.82 Å². The maximum Gasteiger partial charge on any atom is 0.137 e. The van der Waals surface area contributed by atoms with E-state index in [0.717, 1.165) is 25.1 Å². The standard InChI is InChI=1S/C17H18BrFN2/c18-16-7-12(5-6-17(16)19)10-21-11-14-4-2-1-3-13(14)8-15(21)9-20/h1-7,15H,8-11,20H2. The van der Waals surface area contributed by atoms with Gasteiger partial charge in [-0.1, -0.05) is 30.3 Å². The second-order valence-corrected chi connectivity index (χ2v) is 6.37. The van der Waals surface area contributed by atoms with Crippen molar-refractivity contribution in [3.05, 3.63) is 69.4 Å². The molecule has 0 amide bonds. The van der Waals surface area contributed by atoms with Crippen molar-refractivity contribution in [1.29, 1.82) is 0 Å². The largest absolute Gasteiger partial charge is 0.329 e. The molecule has 110 valence electrons. The Kier molecular flexibility index (Phi) is 4.38. The first kappa shape index (κ1) is 14.7. The average molecular weight is 349 g/mol. The molecule has 2 N–H and O–H groups in total. The first-order valence-electron chi connectivity index (χ1n) is 7.12. The quantitative estimate of drug-likeness (QED) is 0.919. The van der Waals surface area contributed by atoms with Gasteiger partial charge in [-0.05, 0) is 51.2 Å². The van der Waals surface area contributed by atoms with Crippen LogP contribution in [0.2, 0.25) is 0 Å². The highest BCUT2D eigenvalue weighted by atomic mass is 79.9. The minimum absolute atomic E-state index is 0.224. The summed E-state index contributed by atoms with van der Waals surface area (Å²) in [5, 5.41) is 0. The maximum absolute atomic E-state index is 13.3. The van der Waals surface area contributed by atoms with Crippen molar-refractivity contribution in [2.24, 2.45) is 5.73 Å². The lowest BCUT2D eigenvalue weighted by Gasteiger charge is -2.36. The Morgan fingerprint density at radius 3 is 2.67 bits per heavy atom. The van der Waals surface area contributed by atoms with Gasteiger partial charge in [-0.3, -0.25) is 4.90 Å². The van der Waals surface area contributed by atoms with Crippen molar-refractivity contribution in [3.8, 4) is 0 Å². The predicted molar refractivity (Wildman–Crippen MR) is 86.3 cm³/mol. The molecule has 3 rings (SSSR count). The van der Waals surface area contributed by atoms with Gasteiger partial charge in [0.05, 0.1) is 4.47 Å². The minimum atomic E-state index is -0.224. The highest BCUT2D eigenvalue weighted by molar-refractivity contribution is 9.10. The van der Waals surface area contributed by atoms with Gasteiger partial charge in [0.25, 0.3) is 0 Å². The molecule has 1 aliphatic heterocycles. The zero-order chi connectivity index (χ0) is 14.8. The van der Waals surface area contributed by atoms with E-state index in [0.29, 0.717) is 17.1 Å². The molecular weight excluding hydrogens is 331 g/mol. The van der Waals surface area contributed by atoms with E-state index in [9.17, 15) is 4.39 Å². The van der Waals surface area contributed by atoms with Crippen molar-refractivity contribution in [3.63, 3.8) is 0 Å². The van der Waals surface area contributed by atoms with Gasteiger partial charge < -0.3 is 5.73 Å². The number of hydrogen-bond acceptors (Lipinski definition) is 2. The summed E-state index contributed by atoms with van der Waals surface area (Å²) in [5.74, 6) is -0.224. The van der Waals surface area contributed by atoms with Crippen LogP contribution in [0.4, 0.5) is 4.39 Å². The van der Waals surface area contributed by atoms with E-state index in [2.05, 4.69) is 45.1 Å². The van der Waals surface area contributed by atoms with Gasteiger partial charge in [0.2, 0.25) is 0 Å². The van der Waals surface area contributed by atoms with Crippen molar-refractivity contribution >= 4 is 15.9 Å². The number of rotatable bonds is 3. The van der Waals surface area contributed by atoms with E-state index in [-0.39, 0.29) is 5.82 Å². The Morgan fingerprint density at radius 2 is 1.95 bits per heavy atom. The number of halogens is 2. The molecule has 0 fully saturated rings. The molecule has 4 heteroatoms. The molecule has 0 aromatic heterocycles. The third kappa shape index (κ3) is 3.18. The number of benzene rings is 2. The minimum Gasteiger partial charge on any atom is -0.329 e. The van der Waals surface area contributed by atoms with E-state index in [1.807, 2.05) is 12.1 Å². The third-order valence-corrected chi connectivity index (χ3v) is 4.71. The van der Waals surface area contributed by atoms with Crippen LogP contribution in [-0.2, 0) is 19.5 Å². The van der Waals surface area contributed by atoms with E-state index in [1.54, 1.807) is 0 Å². The molecule has 21 heavy (non-hydrogen) atoms. The van der Waals surface area contributed by atoms with Crippen LogP contribution in [0.5, 0.6) is 0 Å². The molecule has 2 aromatic rings. The zero-order valence-electron chi connectivity index (χ0n) is 11.7. The molecule has 0 radical (unpaired) electrons. The van der Waals surface area contributed by atoms with E-state index < -0.39 is 0 Å². The van der Waals surface area contributed by atoms with Crippen LogP contribution < -0.4 is 5.73 Å². The third-order valence-electron chi connectivity index (χ3n) is 4.11. The predicted octanol–water partition coefficient (Wildman–Crippen LogP) is 3.47. The first-order valence-corrected chi connectivity index (χ1v) is 7.91. The van der Waals surface area contributed by atoms with Crippen molar-refractivity contribution in [2.45, 2.75) is 25.6 Å². The Balaban J connectivity index is 1.82. The van der Waals surface area contributed by atoms with E-state index in [4.69, 9.17) is 5.73 Å². The summed E-state index contributed by atoms with van der Waals surface area (Å²) in [6.07, 6.45) is 0.981. The fourth-order valence-corrected chi connectivity index (χ4v) is 3.36. The smallest absolute Gasteiger partial charge is 0.137 e. The maximum atomic E-state index is 13.3. The molecular formula is C17H18BrFN2. The number of nitrogens with two attached hydrogens (primary N) is 1. The number of hydrogen-bond donors (Lipinski definition) is 1. The summed E-state index contributed by atoms with van der Waals surface area (Å²) in [6.45, 7) is 2.32. The summed E-state index contributed by atoms with van der Waals surface area (Å²) in [5.41, 5.74) is 9.80. The lowest BCUT2D eigenvalue weighted by atomic mass is 9.93. The molecule has 2 aromatic carbocycles. The van der Waals surface area contributed by atoms with Crippen LogP contribution in [0.1, 0.15) is 16.7 Å². The molecule has 0 saturated carbocycles. The summed E-state index contributed by atoms with van der Waals surface area (Å²) in [7, 11) is 0. The molecule has 2 nitrogen and oxygen atoms in total. The lowest BCUT2D eigenvalue weighted by Crippen LogP contribution is -2.44. The Bertz CT molecular complexity index is 644. The van der Waals surface area contributed by atoms with Crippen molar-refractivity contribution < 1.29 is 4.39 Å². The molecule has 0 bridgehead atoms. The Hall–Kier alpha value is -1.23. The second-order valence-electron chi connectivity index (χ2n) is 5.52. The molecule has 0 saturated heterocycles. The van der Waals surface area contributed by atoms with Gasteiger partial charge in [-0.15, -0.1) is 0 Å². The molecule has 1 heterocycles. The molecule has 1 aliphatic rings. The van der Waals surface area contributed by atoms with Crippen molar-refractivity contribution in [1.82, 2.24) is 4.90 Å². The number of nitrogens with zero attached hydrogens (tertiary/aromatic N) is 1. The van der Waals surface area contributed by atoms with Crippen LogP contribution in [-0.4, -0.2) is 17.5 Å². The molecule has 1 unspecified atom stereocenters. The summed E-state index contributed by atoms with van der Waals surface area (Å²) in [4.78, 5) is 2.38. The van der Waals surface area contributed by atoms with Gasteiger partial charge in [0, 0.05) is 25.7 Å². The van der Waals surface area contributed by atoms with E-state index >= 15 is 0 Å². The monoisotopic (exact) mass is 348 g/mol. The topological polar surface area (TPSA) is 29.3 Å². The summed E-state index contributed by atoms with van der Waals surface area (Å²) >= 11 is 3.25. The molecule has 1 atom stereocenters. The zero-order valence-corrected chi connectivity index (χ0v) is 13.3. The van der Waals surface area contributed by atoms with Crippen LogP contribution in [0.3, 0.4) is 0 Å². The van der Waals surface area contributed by atoms with E-state index in [1.165, 1.54) is 17.2 Å². The fourth-order valence-electron chi connectivity index (χ4n) is 2.93. The summed E-state index contributed by atoms with van der Waals surface area (Å²) < 4.78 is 13.9. The van der Waals surface area contributed by atoms with Gasteiger partial charge in [-0.25, -0.2) is 4.39 Å². The summed E-state index contributed by atoms with van der Waals surface area (Å²) in [6, 6.07) is 14.1. The SMILES string of the molecule is NCC1Cc2ccccc2CN1Cc1ccc(F)c(Br)c1. The lowest BCUT2D eigenvalue weighted by molar-refractivity contribution is 0.167. The normalized spacial score (nSPS) is 18.5. The van der Waals surface area contributed by atoms with Crippen LogP contribution >= 0.6 is 15.9 Å². The fraction of sp³-hybridized carbons (Fsp3) is 0.294. The average Bonchev–Trinajstić information content (AvgIpc) is 2.50. The van der Waals surface area contributed by atoms with Crippen LogP contribution in [0.25, 0.3) is 0 Å². The highest BCUT2D eigenvalue weighted by Gasteiger charge is 2.24. The number of fused-ring (bicyclic) bond motifs is 1. The van der Waals surface area contributed by atoms with Gasteiger partial charge >= 0.3 is 0 Å². The second kappa shape index (κ2) is 6.26. The Labute approximate surface area is 132 Å². The van der Waals surface area contributed by atoms with Crippen molar-refractivity contribution in [2.75, 3.05) is 6.54 Å². The highest BCUT2D eigenvalue weighted by Crippen LogP contribution is 2.25. The van der Waals surface area contributed by atoms with Gasteiger partial charge in [-0.2, -0.15) is 0 Å². The first-order chi connectivity index (χ1) is 10.2. The Morgan fingerprint density at radius 1 is 1.19 bits per heavy atom. The van der Waals surface area contributed by atoms with Gasteiger partial charge in [0.15, 0.2) is 0 Å².